The zero-order chi connectivity index (χ0) is 23.3. The predicted octanol–water partition coefficient (Wildman–Crippen LogP) is 5.91. The van der Waals surface area contributed by atoms with Crippen LogP contribution in [-0.2, 0) is 9.59 Å². The lowest BCUT2D eigenvalue weighted by atomic mass is 9.69. The van der Waals surface area contributed by atoms with E-state index in [1.807, 2.05) is 56.3 Å². The normalized spacial score (nSPS) is 20.2. The Morgan fingerprint density at radius 3 is 2.36 bits per heavy atom. The van der Waals surface area contributed by atoms with Gasteiger partial charge in [0.25, 0.3) is 5.69 Å². The topological polar surface area (TPSA) is 80.5 Å². The molecule has 2 aliphatic rings. The zero-order valence-corrected chi connectivity index (χ0v) is 18.6. The fourth-order valence-electron chi connectivity index (χ4n) is 5.26. The first kappa shape index (κ1) is 21.1. The highest BCUT2D eigenvalue weighted by atomic mass is 16.6. The van der Waals surface area contributed by atoms with Crippen molar-refractivity contribution in [3.63, 3.8) is 0 Å². The number of nitrogens with zero attached hydrogens (tertiary/aromatic N) is 2. The number of amides is 1. The Kier molecular flexibility index (Phi) is 4.89. The van der Waals surface area contributed by atoms with Crippen LogP contribution < -0.4 is 4.90 Å². The number of nitro benzene ring substituents is 1. The fourth-order valence-corrected chi connectivity index (χ4v) is 5.26. The molecule has 0 bridgehead atoms. The third-order valence-electron chi connectivity index (χ3n) is 6.66. The summed E-state index contributed by atoms with van der Waals surface area (Å²) in [6, 6.07) is 20.0. The van der Waals surface area contributed by atoms with Crippen molar-refractivity contribution in [2.75, 3.05) is 4.90 Å². The summed E-state index contributed by atoms with van der Waals surface area (Å²) < 4.78 is 0. The number of anilines is 1. The van der Waals surface area contributed by atoms with Crippen LogP contribution in [-0.4, -0.2) is 16.6 Å². The molecule has 0 spiro atoms. The van der Waals surface area contributed by atoms with E-state index < -0.39 is 4.92 Å². The van der Waals surface area contributed by atoms with Crippen LogP contribution in [0.2, 0.25) is 0 Å². The van der Waals surface area contributed by atoms with E-state index in [1.54, 1.807) is 17.0 Å². The lowest BCUT2D eigenvalue weighted by Gasteiger charge is -2.43. The van der Waals surface area contributed by atoms with Crippen molar-refractivity contribution in [2.45, 2.75) is 39.0 Å². The van der Waals surface area contributed by atoms with Gasteiger partial charge in [-0.15, -0.1) is 0 Å². The maximum absolute atomic E-state index is 13.6. The molecule has 1 aliphatic heterocycles. The van der Waals surface area contributed by atoms with E-state index in [9.17, 15) is 19.7 Å². The molecule has 1 aliphatic carbocycles. The monoisotopic (exact) mass is 440 g/mol. The molecular weight excluding hydrogens is 416 g/mol. The predicted molar refractivity (Wildman–Crippen MR) is 127 cm³/mol. The second-order valence-corrected chi connectivity index (χ2v) is 9.63. The molecule has 0 saturated carbocycles. The average Bonchev–Trinajstić information content (AvgIpc) is 2.77. The Morgan fingerprint density at radius 2 is 1.64 bits per heavy atom. The number of allylic oxidation sites excluding steroid dienone is 2. The molecule has 1 unspecified atom stereocenters. The van der Waals surface area contributed by atoms with Crippen LogP contribution in [0, 0.1) is 15.5 Å². The van der Waals surface area contributed by atoms with Gasteiger partial charge in [-0.2, -0.15) is 0 Å². The van der Waals surface area contributed by atoms with Crippen LogP contribution in [0.15, 0.2) is 78.0 Å². The molecule has 33 heavy (non-hydrogen) atoms. The minimum atomic E-state index is -0.462. The Hall–Kier alpha value is -3.80. The summed E-state index contributed by atoms with van der Waals surface area (Å²) in [6.45, 7) is 4.07. The van der Waals surface area contributed by atoms with Gasteiger partial charge in [0.2, 0.25) is 5.91 Å². The highest BCUT2D eigenvalue weighted by Gasteiger charge is 2.44. The summed E-state index contributed by atoms with van der Waals surface area (Å²) in [5.41, 5.74) is 2.65. The van der Waals surface area contributed by atoms with Crippen LogP contribution in [0.4, 0.5) is 11.4 Å². The molecule has 5 rings (SSSR count). The van der Waals surface area contributed by atoms with Crippen molar-refractivity contribution in [3.8, 4) is 0 Å². The standard InChI is InChI=1S/C27H24N2O4/c1-27(2)15-23-26(24(30)16-27)22(21-9-5-7-17-6-3-4-8-20(17)21)14-25(31)28(23)18-10-12-19(13-11-18)29(32)33/h3-13,22H,14-16H2,1-2H3. The number of carbonyl (C=O) groups excluding carboxylic acids is 2. The Bertz CT molecular complexity index is 1330. The first-order valence-electron chi connectivity index (χ1n) is 11.1. The fraction of sp³-hybridized carbons (Fsp3) is 0.259. The molecule has 1 amide bonds. The highest BCUT2D eigenvalue weighted by Crippen LogP contribution is 2.49. The van der Waals surface area contributed by atoms with Gasteiger partial charge in [-0.1, -0.05) is 56.3 Å². The molecule has 0 radical (unpaired) electrons. The number of hydrogen-bond donors (Lipinski definition) is 0. The average molecular weight is 440 g/mol. The molecule has 3 aromatic carbocycles. The number of rotatable bonds is 3. The Labute approximate surface area is 191 Å². The number of fused-ring (bicyclic) bond motifs is 1. The van der Waals surface area contributed by atoms with Gasteiger partial charge >= 0.3 is 0 Å². The number of hydrogen-bond acceptors (Lipinski definition) is 4. The van der Waals surface area contributed by atoms with E-state index in [1.165, 1.54) is 12.1 Å². The molecule has 166 valence electrons. The molecule has 0 aromatic heterocycles. The van der Waals surface area contributed by atoms with Crippen molar-refractivity contribution < 1.29 is 14.5 Å². The van der Waals surface area contributed by atoms with Gasteiger partial charge < -0.3 is 0 Å². The second-order valence-electron chi connectivity index (χ2n) is 9.63. The first-order valence-corrected chi connectivity index (χ1v) is 11.1. The van der Waals surface area contributed by atoms with E-state index in [2.05, 4.69) is 0 Å². The van der Waals surface area contributed by atoms with E-state index in [0.29, 0.717) is 24.1 Å². The highest BCUT2D eigenvalue weighted by molar-refractivity contribution is 6.08. The maximum Gasteiger partial charge on any atom is 0.269 e. The van der Waals surface area contributed by atoms with Crippen LogP contribution in [0.5, 0.6) is 0 Å². The molecule has 0 N–H and O–H groups in total. The molecule has 6 heteroatoms. The Morgan fingerprint density at radius 1 is 0.939 bits per heavy atom. The lowest BCUT2D eigenvalue weighted by Crippen LogP contribution is -2.43. The number of Topliss-reactive ketones (excluding diaryl/α,β-unsaturated/α-hetero) is 1. The van der Waals surface area contributed by atoms with Gasteiger partial charge in [0, 0.05) is 47.8 Å². The van der Waals surface area contributed by atoms with Crippen LogP contribution >= 0.6 is 0 Å². The number of carbonyl (C=O) groups is 2. The second kappa shape index (κ2) is 7.66. The SMILES string of the molecule is CC1(C)CC(=O)C2=C(C1)N(c1ccc([N+](=O)[O-])cc1)C(=O)CC2c1cccc2ccccc12. The van der Waals surface area contributed by atoms with Gasteiger partial charge in [-0.3, -0.25) is 24.6 Å². The van der Waals surface area contributed by atoms with E-state index in [-0.39, 0.29) is 35.1 Å². The quantitative estimate of drug-likeness (QED) is 0.374. The minimum absolute atomic E-state index is 0.0360. The van der Waals surface area contributed by atoms with Gasteiger partial charge in [-0.25, -0.2) is 0 Å². The first-order chi connectivity index (χ1) is 15.7. The zero-order valence-electron chi connectivity index (χ0n) is 18.6. The number of benzene rings is 3. The number of ketones is 1. The van der Waals surface area contributed by atoms with Crippen LogP contribution in [0.3, 0.4) is 0 Å². The molecule has 1 atom stereocenters. The summed E-state index contributed by atoms with van der Waals surface area (Å²) in [5, 5.41) is 13.2. The minimum Gasteiger partial charge on any atom is -0.294 e. The van der Waals surface area contributed by atoms with Crippen molar-refractivity contribution in [3.05, 3.63) is 93.7 Å². The van der Waals surface area contributed by atoms with Crippen LogP contribution in [0.1, 0.15) is 44.6 Å². The molecule has 0 fully saturated rings. The molecule has 3 aromatic rings. The van der Waals surface area contributed by atoms with Gasteiger partial charge in [0.15, 0.2) is 5.78 Å². The number of non-ortho nitro benzene ring substituents is 1. The van der Waals surface area contributed by atoms with Crippen molar-refractivity contribution in [1.29, 1.82) is 0 Å². The third-order valence-corrected chi connectivity index (χ3v) is 6.66. The lowest BCUT2D eigenvalue weighted by molar-refractivity contribution is -0.384. The largest absolute Gasteiger partial charge is 0.294 e. The summed E-state index contributed by atoms with van der Waals surface area (Å²) >= 11 is 0. The summed E-state index contributed by atoms with van der Waals surface area (Å²) in [7, 11) is 0. The van der Waals surface area contributed by atoms with Crippen molar-refractivity contribution in [1.82, 2.24) is 0 Å². The summed E-state index contributed by atoms with van der Waals surface area (Å²) in [5.74, 6) is -0.346. The van der Waals surface area contributed by atoms with E-state index in [4.69, 9.17) is 0 Å². The third kappa shape index (κ3) is 3.61. The van der Waals surface area contributed by atoms with Crippen molar-refractivity contribution >= 4 is 33.8 Å². The van der Waals surface area contributed by atoms with Crippen LogP contribution in [0.25, 0.3) is 10.8 Å². The number of nitro groups is 1. The van der Waals surface area contributed by atoms with Crippen molar-refractivity contribution in [2.24, 2.45) is 5.41 Å². The molecule has 1 heterocycles. The summed E-state index contributed by atoms with van der Waals surface area (Å²) in [4.78, 5) is 39.3. The van der Waals surface area contributed by atoms with Gasteiger partial charge in [0.1, 0.15) is 0 Å². The maximum atomic E-state index is 13.6. The van der Waals surface area contributed by atoms with Gasteiger partial charge in [-0.05, 0) is 40.3 Å². The molecular formula is C27H24N2O4. The smallest absolute Gasteiger partial charge is 0.269 e. The molecule has 6 nitrogen and oxygen atoms in total. The van der Waals surface area contributed by atoms with E-state index in [0.717, 1.165) is 22.0 Å². The Balaban J connectivity index is 1.70. The summed E-state index contributed by atoms with van der Waals surface area (Å²) in [6.07, 6.45) is 1.18. The van der Waals surface area contributed by atoms with E-state index >= 15 is 0 Å². The molecule has 0 saturated heterocycles. The van der Waals surface area contributed by atoms with Gasteiger partial charge in [0.05, 0.1) is 4.92 Å².